The summed E-state index contributed by atoms with van der Waals surface area (Å²) < 4.78 is 6.75. The van der Waals surface area contributed by atoms with E-state index in [2.05, 4.69) is 10.3 Å². The second-order valence-corrected chi connectivity index (χ2v) is 8.66. The molecule has 0 radical (unpaired) electrons. The Morgan fingerprint density at radius 2 is 1.96 bits per heavy atom. The van der Waals surface area contributed by atoms with E-state index in [1.807, 2.05) is 45.0 Å². The van der Waals surface area contributed by atoms with Gasteiger partial charge in [-0.15, -0.1) is 11.3 Å². The van der Waals surface area contributed by atoms with E-state index in [4.69, 9.17) is 4.74 Å². The molecule has 0 unspecified atom stereocenters. The molecule has 0 bridgehead atoms. The Kier molecular flexibility index (Phi) is 6.53. The number of thiophene rings is 1. The van der Waals surface area contributed by atoms with E-state index in [0.717, 1.165) is 26.5 Å². The molecule has 0 saturated carbocycles. The van der Waals surface area contributed by atoms with Gasteiger partial charge in [-0.25, -0.2) is 4.98 Å². The predicted octanol–water partition coefficient (Wildman–Crippen LogP) is 3.76. The number of hydrogen-bond donors (Lipinski definition) is 1. The van der Waals surface area contributed by atoms with Gasteiger partial charge in [-0.1, -0.05) is 29.5 Å². The molecule has 0 saturated heterocycles. The van der Waals surface area contributed by atoms with Crippen molar-refractivity contribution in [2.24, 2.45) is 0 Å². The number of hydrogen-bond acceptors (Lipinski definition) is 6. The first-order valence-electron chi connectivity index (χ1n) is 8.89. The molecule has 2 aromatic heterocycles. The van der Waals surface area contributed by atoms with Crippen molar-refractivity contribution in [3.63, 3.8) is 0 Å². The van der Waals surface area contributed by atoms with Crippen LogP contribution in [0.25, 0.3) is 10.2 Å². The summed E-state index contributed by atoms with van der Waals surface area (Å²) >= 11 is 2.77. The zero-order valence-electron chi connectivity index (χ0n) is 16.4. The van der Waals surface area contributed by atoms with E-state index in [1.54, 1.807) is 11.7 Å². The number of rotatable bonds is 7. The van der Waals surface area contributed by atoms with Gasteiger partial charge >= 0.3 is 0 Å². The van der Waals surface area contributed by atoms with Gasteiger partial charge in [0.1, 0.15) is 4.83 Å². The van der Waals surface area contributed by atoms with Crippen molar-refractivity contribution in [3.8, 4) is 0 Å². The van der Waals surface area contributed by atoms with Crippen LogP contribution in [0, 0.1) is 20.8 Å². The Morgan fingerprint density at radius 1 is 1.25 bits per heavy atom. The molecule has 3 rings (SSSR count). The fourth-order valence-electron chi connectivity index (χ4n) is 2.76. The number of aryl methyl sites for hydroxylation is 3. The third kappa shape index (κ3) is 4.45. The maximum absolute atomic E-state index is 13.0. The van der Waals surface area contributed by atoms with Crippen molar-refractivity contribution in [2.45, 2.75) is 32.5 Å². The Labute approximate surface area is 171 Å². The molecule has 6 nitrogen and oxygen atoms in total. The SMILES string of the molecule is COCCn1c(SCC(=O)Nc2ccc(C)cc2)nc2sc(C)c(C)c2c1=O. The van der Waals surface area contributed by atoms with Crippen LogP contribution in [-0.2, 0) is 16.1 Å². The summed E-state index contributed by atoms with van der Waals surface area (Å²) in [6.45, 7) is 6.73. The number of carbonyl (C=O) groups excluding carboxylic acids is 1. The Balaban J connectivity index is 1.83. The minimum atomic E-state index is -0.139. The number of benzene rings is 1. The number of anilines is 1. The summed E-state index contributed by atoms with van der Waals surface area (Å²) in [6.07, 6.45) is 0. The Morgan fingerprint density at radius 3 is 2.64 bits per heavy atom. The lowest BCUT2D eigenvalue weighted by molar-refractivity contribution is -0.113. The van der Waals surface area contributed by atoms with Gasteiger partial charge in [0.2, 0.25) is 5.91 Å². The summed E-state index contributed by atoms with van der Waals surface area (Å²) in [5.74, 6) is 0.0299. The number of carbonyl (C=O) groups is 1. The number of thioether (sulfide) groups is 1. The number of nitrogens with one attached hydrogen (secondary N) is 1. The second-order valence-electron chi connectivity index (χ2n) is 6.51. The van der Waals surface area contributed by atoms with Crippen molar-refractivity contribution in [1.82, 2.24) is 9.55 Å². The fourth-order valence-corrected chi connectivity index (χ4v) is 4.66. The van der Waals surface area contributed by atoms with Crippen LogP contribution < -0.4 is 10.9 Å². The van der Waals surface area contributed by atoms with Crippen molar-refractivity contribution >= 4 is 44.9 Å². The van der Waals surface area contributed by atoms with Crippen LogP contribution >= 0.6 is 23.1 Å². The van der Waals surface area contributed by atoms with E-state index in [1.165, 1.54) is 23.1 Å². The van der Waals surface area contributed by atoms with Crippen molar-refractivity contribution < 1.29 is 9.53 Å². The molecule has 1 amide bonds. The van der Waals surface area contributed by atoms with E-state index < -0.39 is 0 Å². The summed E-state index contributed by atoms with van der Waals surface area (Å²) in [5.41, 5.74) is 2.78. The highest BCUT2D eigenvalue weighted by molar-refractivity contribution is 7.99. The summed E-state index contributed by atoms with van der Waals surface area (Å²) in [5, 5.41) is 4.07. The minimum Gasteiger partial charge on any atom is -0.383 e. The number of amides is 1. The van der Waals surface area contributed by atoms with E-state index >= 15 is 0 Å². The Bertz CT molecular complexity index is 1060. The highest BCUT2D eigenvalue weighted by atomic mass is 32.2. The van der Waals surface area contributed by atoms with Crippen molar-refractivity contribution in [2.75, 3.05) is 24.8 Å². The number of nitrogens with zero attached hydrogens (tertiary/aromatic N) is 2. The average Bonchev–Trinajstić information content (AvgIpc) is 2.95. The number of ether oxygens (including phenoxy) is 1. The first kappa shape index (κ1) is 20.6. The fraction of sp³-hybridized carbons (Fsp3) is 0.350. The number of fused-ring (bicyclic) bond motifs is 1. The van der Waals surface area contributed by atoms with Gasteiger partial charge in [0.15, 0.2) is 5.16 Å². The van der Waals surface area contributed by atoms with Crippen molar-refractivity contribution in [1.29, 1.82) is 0 Å². The predicted molar refractivity (Wildman–Crippen MR) is 116 cm³/mol. The van der Waals surface area contributed by atoms with Gasteiger partial charge in [-0.3, -0.25) is 14.2 Å². The quantitative estimate of drug-likeness (QED) is 0.468. The monoisotopic (exact) mass is 417 g/mol. The minimum absolute atomic E-state index is 0.0784. The molecule has 0 aliphatic carbocycles. The van der Waals surface area contributed by atoms with Crippen LogP contribution in [0.5, 0.6) is 0 Å². The first-order valence-corrected chi connectivity index (χ1v) is 10.7. The van der Waals surface area contributed by atoms with Gasteiger partial charge in [0.05, 0.1) is 24.3 Å². The van der Waals surface area contributed by atoms with Gasteiger partial charge in [0.25, 0.3) is 5.56 Å². The lowest BCUT2D eigenvalue weighted by Crippen LogP contribution is -2.26. The molecule has 0 spiro atoms. The van der Waals surface area contributed by atoms with Gasteiger partial charge in [0, 0.05) is 17.7 Å². The molecule has 8 heteroatoms. The molecular formula is C20H23N3O3S2. The highest BCUT2D eigenvalue weighted by Crippen LogP contribution is 2.28. The third-order valence-corrected chi connectivity index (χ3v) is 6.52. The average molecular weight is 418 g/mol. The van der Waals surface area contributed by atoms with Crippen LogP contribution in [0.1, 0.15) is 16.0 Å². The molecule has 3 aromatic rings. The molecule has 0 aliphatic rings. The molecule has 0 aliphatic heterocycles. The second kappa shape index (κ2) is 8.89. The molecular weight excluding hydrogens is 394 g/mol. The number of aromatic nitrogens is 2. The van der Waals surface area contributed by atoms with E-state index in [9.17, 15) is 9.59 Å². The van der Waals surface area contributed by atoms with Gasteiger partial charge < -0.3 is 10.1 Å². The summed E-state index contributed by atoms with van der Waals surface area (Å²) in [7, 11) is 1.60. The van der Waals surface area contributed by atoms with E-state index in [-0.39, 0.29) is 17.2 Å². The van der Waals surface area contributed by atoms with Gasteiger partial charge in [-0.2, -0.15) is 0 Å². The lowest BCUT2D eigenvalue weighted by Gasteiger charge is -2.12. The summed E-state index contributed by atoms with van der Waals surface area (Å²) in [6, 6.07) is 7.63. The molecule has 1 aromatic carbocycles. The normalized spacial score (nSPS) is 11.1. The van der Waals surface area contributed by atoms with Crippen LogP contribution in [0.4, 0.5) is 5.69 Å². The molecule has 28 heavy (non-hydrogen) atoms. The zero-order valence-corrected chi connectivity index (χ0v) is 18.0. The van der Waals surface area contributed by atoms with Crippen LogP contribution in [0.2, 0.25) is 0 Å². The maximum atomic E-state index is 13.0. The highest BCUT2D eigenvalue weighted by Gasteiger charge is 2.17. The van der Waals surface area contributed by atoms with Crippen molar-refractivity contribution in [3.05, 3.63) is 50.6 Å². The van der Waals surface area contributed by atoms with Crippen LogP contribution in [-0.4, -0.2) is 34.9 Å². The largest absolute Gasteiger partial charge is 0.383 e. The van der Waals surface area contributed by atoms with E-state index in [0.29, 0.717) is 23.7 Å². The molecule has 1 N–H and O–H groups in total. The third-order valence-electron chi connectivity index (χ3n) is 4.44. The zero-order chi connectivity index (χ0) is 20.3. The molecule has 0 atom stereocenters. The number of methoxy groups -OCH3 is 1. The molecule has 0 fully saturated rings. The van der Waals surface area contributed by atoms with Crippen LogP contribution in [0.3, 0.4) is 0 Å². The smallest absolute Gasteiger partial charge is 0.263 e. The molecule has 2 heterocycles. The van der Waals surface area contributed by atoms with Crippen LogP contribution in [0.15, 0.2) is 34.2 Å². The maximum Gasteiger partial charge on any atom is 0.263 e. The Hall–Kier alpha value is -2.16. The van der Waals surface area contributed by atoms with Gasteiger partial charge in [-0.05, 0) is 38.5 Å². The lowest BCUT2D eigenvalue weighted by atomic mass is 10.2. The summed E-state index contributed by atoms with van der Waals surface area (Å²) in [4.78, 5) is 31.8. The first-order chi connectivity index (χ1) is 13.4. The molecule has 148 valence electrons. The standard InChI is InChI=1S/C20H23N3O3S2/c1-12-5-7-15(8-6-12)21-16(24)11-27-20-22-18-17(13(2)14(3)28-18)19(25)23(20)9-10-26-4/h5-8H,9-11H2,1-4H3,(H,21,24). The topological polar surface area (TPSA) is 73.2 Å².